The maximum absolute atomic E-state index is 6.10. The van der Waals surface area contributed by atoms with Gasteiger partial charge in [0.15, 0.2) is 0 Å². The van der Waals surface area contributed by atoms with E-state index in [1.165, 1.54) is 12.0 Å². The number of nitrogens with one attached hydrogen (secondary N) is 1. The van der Waals surface area contributed by atoms with Crippen LogP contribution >= 0.6 is 15.9 Å². The van der Waals surface area contributed by atoms with Crippen LogP contribution in [0, 0.1) is 0 Å². The number of halogens is 1. The highest BCUT2D eigenvalue weighted by molar-refractivity contribution is 9.10. The van der Waals surface area contributed by atoms with Crippen LogP contribution in [0.4, 0.5) is 0 Å². The van der Waals surface area contributed by atoms with Crippen LogP contribution in [0.5, 0.6) is 0 Å². The summed E-state index contributed by atoms with van der Waals surface area (Å²) in [5.74, 6) is 0. The molecule has 2 rings (SSSR count). The van der Waals surface area contributed by atoms with Crippen molar-refractivity contribution in [2.45, 2.75) is 24.9 Å². The van der Waals surface area contributed by atoms with Crippen molar-refractivity contribution in [3.63, 3.8) is 0 Å². The molecule has 0 radical (unpaired) electrons. The van der Waals surface area contributed by atoms with Gasteiger partial charge >= 0.3 is 0 Å². The zero-order valence-corrected chi connectivity index (χ0v) is 9.63. The number of hydrogen-bond donors (Lipinski definition) is 2. The van der Waals surface area contributed by atoms with E-state index in [0.717, 1.165) is 17.4 Å². The molecule has 1 aromatic rings. The molecule has 1 aliphatic rings. The second kappa shape index (κ2) is 4.43. The molecule has 2 unspecified atom stereocenters. The van der Waals surface area contributed by atoms with Crippen molar-refractivity contribution < 1.29 is 0 Å². The Morgan fingerprint density at radius 3 is 2.86 bits per heavy atom. The van der Waals surface area contributed by atoms with E-state index >= 15 is 0 Å². The second-order valence-electron chi connectivity index (χ2n) is 3.76. The fraction of sp³-hybridized carbons (Fsp3) is 0.455. The van der Waals surface area contributed by atoms with E-state index in [0.29, 0.717) is 6.04 Å². The predicted octanol–water partition coefficient (Wildman–Crippen LogP) is 2.20. The van der Waals surface area contributed by atoms with Crippen molar-refractivity contribution in [2.75, 3.05) is 6.54 Å². The molecular weight excluding hydrogens is 240 g/mol. The van der Waals surface area contributed by atoms with Gasteiger partial charge in [0.25, 0.3) is 0 Å². The number of piperidine rings is 1. The highest BCUT2D eigenvalue weighted by Gasteiger charge is 2.23. The van der Waals surface area contributed by atoms with Gasteiger partial charge in [0.05, 0.1) is 0 Å². The molecule has 1 aliphatic heterocycles. The number of hydrogen-bond acceptors (Lipinski definition) is 2. The van der Waals surface area contributed by atoms with Gasteiger partial charge in [-0.3, -0.25) is 0 Å². The standard InChI is InChI=1S/C11H15BrN2/c12-9-5-2-1-4-8(9)11-10(13)6-3-7-14-11/h1-2,4-5,10-11,14H,3,6-7,13H2. The Morgan fingerprint density at radius 1 is 1.36 bits per heavy atom. The van der Waals surface area contributed by atoms with Crippen LogP contribution in [-0.2, 0) is 0 Å². The van der Waals surface area contributed by atoms with Crippen LogP contribution in [0.1, 0.15) is 24.4 Å². The minimum atomic E-state index is 0.238. The van der Waals surface area contributed by atoms with Gasteiger partial charge in [-0.25, -0.2) is 0 Å². The smallest absolute Gasteiger partial charge is 0.0485 e. The van der Waals surface area contributed by atoms with Crippen molar-refractivity contribution in [1.29, 1.82) is 0 Å². The molecule has 1 fully saturated rings. The molecule has 2 atom stereocenters. The van der Waals surface area contributed by atoms with Crippen LogP contribution in [0.2, 0.25) is 0 Å². The third kappa shape index (κ3) is 2.00. The summed E-state index contributed by atoms with van der Waals surface area (Å²) in [4.78, 5) is 0. The molecule has 3 heteroatoms. The van der Waals surface area contributed by atoms with Crippen molar-refractivity contribution >= 4 is 15.9 Å². The van der Waals surface area contributed by atoms with E-state index in [4.69, 9.17) is 5.73 Å². The summed E-state index contributed by atoms with van der Waals surface area (Å²) < 4.78 is 1.15. The zero-order valence-electron chi connectivity index (χ0n) is 8.04. The van der Waals surface area contributed by atoms with Gasteiger partial charge in [-0.05, 0) is 31.0 Å². The lowest BCUT2D eigenvalue weighted by Gasteiger charge is -2.30. The Morgan fingerprint density at radius 2 is 2.14 bits per heavy atom. The summed E-state index contributed by atoms with van der Waals surface area (Å²) in [7, 11) is 0. The number of nitrogens with two attached hydrogens (primary N) is 1. The van der Waals surface area contributed by atoms with Crippen LogP contribution in [0.3, 0.4) is 0 Å². The zero-order chi connectivity index (χ0) is 9.97. The van der Waals surface area contributed by atoms with E-state index in [1.807, 2.05) is 6.07 Å². The molecule has 0 aliphatic carbocycles. The van der Waals surface area contributed by atoms with Gasteiger partial charge in [-0.1, -0.05) is 34.1 Å². The first-order chi connectivity index (χ1) is 6.79. The fourth-order valence-electron chi connectivity index (χ4n) is 1.98. The van der Waals surface area contributed by atoms with Gasteiger partial charge in [-0.2, -0.15) is 0 Å². The largest absolute Gasteiger partial charge is 0.326 e. The molecule has 76 valence electrons. The molecule has 2 nitrogen and oxygen atoms in total. The van der Waals surface area contributed by atoms with Gasteiger partial charge in [0.1, 0.15) is 0 Å². The van der Waals surface area contributed by atoms with Crippen LogP contribution in [-0.4, -0.2) is 12.6 Å². The first-order valence-electron chi connectivity index (χ1n) is 5.02. The summed E-state index contributed by atoms with van der Waals surface area (Å²) >= 11 is 3.56. The third-order valence-electron chi connectivity index (χ3n) is 2.75. The van der Waals surface area contributed by atoms with E-state index in [1.54, 1.807) is 0 Å². The Balaban J connectivity index is 2.25. The molecule has 0 aromatic heterocycles. The minimum Gasteiger partial charge on any atom is -0.326 e. The third-order valence-corrected chi connectivity index (χ3v) is 3.47. The van der Waals surface area contributed by atoms with E-state index in [9.17, 15) is 0 Å². The van der Waals surface area contributed by atoms with Gasteiger partial charge in [-0.15, -0.1) is 0 Å². The fourth-order valence-corrected chi connectivity index (χ4v) is 2.51. The average Bonchev–Trinajstić information content (AvgIpc) is 2.20. The molecule has 1 saturated heterocycles. The van der Waals surface area contributed by atoms with E-state index < -0.39 is 0 Å². The lowest BCUT2D eigenvalue weighted by atomic mass is 9.93. The monoisotopic (exact) mass is 254 g/mol. The first kappa shape index (κ1) is 10.1. The normalized spacial score (nSPS) is 27.6. The predicted molar refractivity (Wildman–Crippen MR) is 62.1 cm³/mol. The molecule has 1 heterocycles. The second-order valence-corrected chi connectivity index (χ2v) is 4.61. The molecule has 0 bridgehead atoms. The van der Waals surface area contributed by atoms with Crippen molar-refractivity contribution in [3.05, 3.63) is 34.3 Å². The molecular formula is C11H15BrN2. The molecule has 1 aromatic carbocycles. The summed E-state index contributed by atoms with van der Waals surface area (Å²) in [6.07, 6.45) is 2.29. The maximum atomic E-state index is 6.10. The Labute approximate surface area is 93.0 Å². The van der Waals surface area contributed by atoms with Crippen LogP contribution < -0.4 is 11.1 Å². The summed E-state index contributed by atoms with van der Waals surface area (Å²) in [6.45, 7) is 1.07. The van der Waals surface area contributed by atoms with Gasteiger partial charge < -0.3 is 11.1 Å². The van der Waals surface area contributed by atoms with Crippen molar-refractivity contribution in [1.82, 2.24) is 5.32 Å². The lowest BCUT2D eigenvalue weighted by molar-refractivity contribution is 0.357. The Kier molecular flexibility index (Phi) is 3.21. The minimum absolute atomic E-state index is 0.238. The Hall–Kier alpha value is -0.380. The van der Waals surface area contributed by atoms with Gasteiger partial charge in [0.2, 0.25) is 0 Å². The summed E-state index contributed by atoms with van der Waals surface area (Å²) in [5.41, 5.74) is 7.37. The molecule has 0 saturated carbocycles. The summed E-state index contributed by atoms with van der Waals surface area (Å²) in [6, 6.07) is 8.83. The van der Waals surface area contributed by atoms with E-state index in [2.05, 4.69) is 39.4 Å². The van der Waals surface area contributed by atoms with E-state index in [-0.39, 0.29) is 6.04 Å². The maximum Gasteiger partial charge on any atom is 0.0485 e. The molecule has 14 heavy (non-hydrogen) atoms. The molecule has 3 N–H and O–H groups in total. The van der Waals surface area contributed by atoms with Crippen molar-refractivity contribution in [3.8, 4) is 0 Å². The average molecular weight is 255 g/mol. The summed E-state index contributed by atoms with van der Waals surface area (Å²) in [5, 5.41) is 3.47. The van der Waals surface area contributed by atoms with Crippen LogP contribution in [0.25, 0.3) is 0 Å². The molecule has 0 spiro atoms. The quantitative estimate of drug-likeness (QED) is 0.807. The highest BCUT2D eigenvalue weighted by Crippen LogP contribution is 2.28. The topological polar surface area (TPSA) is 38.0 Å². The molecule has 0 amide bonds. The number of benzene rings is 1. The SMILES string of the molecule is NC1CCCNC1c1ccccc1Br. The highest BCUT2D eigenvalue weighted by atomic mass is 79.9. The Bertz CT molecular complexity index is 314. The van der Waals surface area contributed by atoms with Gasteiger partial charge in [0, 0.05) is 16.6 Å². The van der Waals surface area contributed by atoms with Crippen molar-refractivity contribution in [2.24, 2.45) is 5.73 Å². The lowest BCUT2D eigenvalue weighted by Crippen LogP contribution is -2.42. The number of rotatable bonds is 1. The first-order valence-corrected chi connectivity index (χ1v) is 5.82. The van der Waals surface area contributed by atoms with Crippen LogP contribution in [0.15, 0.2) is 28.7 Å².